The minimum Gasteiger partial charge on any atom is -0.476 e. The Balaban J connectivity index is 2.77. The third kappa shape index (κ3) is 5.38. The Kier molecular flexibility index (Phi) is 5.65. The molecule has 0 aliphatic heterocycles. The molecule has 0 bridgehead atoms. The van der Waals surface area contributed by atoms with Crippen LogP contribution in [0.1, 0.15) is 43.4 Å². The maximum absolute atomic E-state index is 11.6. The highest BCUT2D eigenvalue weighted by molar-refractivity contribution is 5.86. The first kappa shape index (κ1) is 16.9. The van der Waals surface area contributed by atoms with Crippen molar-refractivity contribution in [1.29, 1.82) is 0 Å². The van der Waals surface area contributed by atoms with Crippen LogP contribution < -0.4 is 5.32 Å². The van der Waals surface area contributed by atoms with Crippen LogP contribution in [0.3, 0.4) is 0 Å². The summed E-state index contributed by atoms with van der Waals surface area (Å²) in [5, 5.41) is 27.6. The van der Waals surface area contributed by atoms with Crippen LogP contribution >= 0.6 is 0 Å². The van der Waals surface area contributed by atoms with Gasteiger partial charge in [0.15, 0.2) is 5.69 Å². The number of amides is 1. The summed E-state index contributed by atoms with van der Waals surface area (Å²) in [5.41, 5.74) is -0.624. The molecule has 9 nitrogen and oxygen atoms in total. The van der Waals surface area contributed by atoms with E-state index in [4.69, 9.17) is 14.9 Å². The normalized spacial score (nSPS) is 11.2. The molecule has 0 atom stereocenters. The Labute approximate surface area is 121 Å². The van der Waals surface area contributed by atoms with E-state index in [-0.39, 0.29) is 24.5 Å². The standard InChI is InChI=1S/C12H20N4O5/c1-12(2,3)21-11(20)13-7-8-9(10(18)19)14-15-16(8)5-4-6-17/h17H,4-7H2,1-3H3,(H,13,20)(H,18,19). The predicted molar refractivity (Wildman–Crippen MR) is 71.8 cm³/mol. The van der Waals surface area contributed by atoms with Crippen LogP contribution in [-0.2, 0) is 17.8 Å². The van der Waals surface area contributed by atoms with E-state index >= 15 is 0 Å². The zero-order valence-corrected chi connectivity index (χ0v) is 12.3. The number of aliphatic hydroxyl groups is 1. The van der Waals surface area contributed by atoms with E-state index in [1.165, 1.54) is 4.68 Å². The SMILES string of the molecule is CC(C)(C)OC(=O)NCc1c(C(=O)O)nnn1CCCO. The highest BCUT2D eigenvalue weighted by atomic mass is 16.6. The van der Waals surface area contributed by atoms with Crippen molar-refractivity contribution in [3.8, 4) is 0 Å². The smallest absolute Gasteiger partial charge is 0.407 e. The van der Waals surface area contributed by atoms with Gasteiger partial charge >= 0.3 is 12.1 Å². The third-order valence-corrected chi connectivity index (χ3v) is 2.37. The Hall–Kier alpha value is -2.16. The fourth-order valence-electron chi connectivity index (χ4n) is 1.54. The number of aromatic nitrogens is 3. The van der Waals surface area contributed by atoms with Gasteiger partial charge in [0.25, 0.3) is 0 Å². The topological polar surface area (TPSA) is 127 Å². The van der Waals surface area contributed by atoms with E-state index in [0.29, 0.717) is 13.0 Å². The van der Waals surface area contributed by atoms with Gasteiger partial charge in [-0.15, -0.1) is 5.10 Å². The average Bonchev–Trinajstić information content (AvgIpc) is 2.74. The molecule has 0 saturated carbocycles. The molecule has 0 fully saturated rings. The van der Waals surface area contributed by atoms with Crippen molar-refractivity contribution in [3.05, 3.63) is 11.4 Å². The van der Waals surface area contributed by atoms with Crippen molar-refractivity contribution in [2.75, 3.05) is 6.61 Å². The van der Waals surface area contributed by atoms with Gasteiger partial charge in [-0.25, -0.2) is 14.3 Å². The van der Waals surface area contributed by atoms with E-state index in [1.54, 1.807) is 20.8 Å². The van der Waals surface area contributed by atoms with Crippen LogP contribution in [0.25, 0.3) is 0 Å². The molecule has 0 aliphatic carbocycles. The van der Waals surface area contributed by atoms with Gasteiger partial charge in [-0.1, -0.05) is 5.21 Å². The number of ether oxygens (including phenoxy) is 1. The lowest BCUT2D eigenvalue weighted by molar-refractivity contribution is 0.0519. The first-order valence-corrected chi connectivity index (χ1v) is 6.48. The number of hydrogen-bond acceptors (Lipinski definition) is 6. The monoisotopic (exact) mass is 300 g/mol. The summed E-state index contributed by atoms with van der Waals surface area (Å²) in [6.07, 6.45) is -0.254. The van der Waals surface area contributed by atoms with Crippen molar-refractivity contribution in [3.63, 3.8) is 0 Å². The predicted octanol–water partition coefficient (Wildman–Crippen LogP) is 0.383. The first-order valence-electron chi connectivity index (χ1n) is 6.48. The van der Waals surface area contributed by atoms with Crippen molar-refractivity contribution in [2.24, 2.45) is 0 Å². The zero-order valence-electron chi connectivity index (χ0n) is 12.3. The number of carboxylic acids is 1. The summed E-state index contributed by atoms with van der Waals surface area (Å²) >= 11 is 0. The van der Waals surface area contributed by atoms with Crippen LogP contribution in [0.15, 0.2) is 0 Å². The largest absolute Gasteiger partial charge is 0.476 e. The molecule has 0 radical (unpaired) electrons. The summed E-state index contributed by atoms with van der Waals surface area (Å²) in [4.78, 5) is 22.7. The molecule has 1 amide bonds. The minimum absolute atomic E-state index is 0.0544. The summed E-state index contributed by atoms with van der Waals surface area (Å²) in [5.74, 6) is -1.23. The fraction of sp³-hybridized carbons (Fsp3) is 0.667. The molecule has 1 aromatic heterocycles. The molecule has 21 heavy (non-hydrogen) atoms. The van der Waals surface area contributed by atoms with Gasteiger partial charge in [-0.2, -0.15) is 0 Å². The lowest BCUT2D eigenvalue weighted by Gasteiger charge is -2.19. The number of alkyl carbamates (subject to hydrolysis) is 1. The number of aryl methyl sites for hydroxylation is 1. The van der Waals surface area contributed by atoms with Gasteiger partial charge in [0.05, 0.1) is 12.2 Å². The molecule has 3 N–H and O–H groups in total. The lowest BCUT2D eigenvalue weighted by atomic mass is 10.2. The minimum atomic E-state index is -1.23. The number of aliphatic hydroxyl groups excluding tert-OH is 1. The van der Waals surface area contributed by atoms with Crippen molar-refractivity contribution in [2.45, 2.75) is 45.9 Å². The van der Waals surface area contributed by atoms with Crippen LogP contribution in [0.5, 0.6) is 0 Å². The third-order valence-electron chi connectivity index (χ3n) is 2.37. The molecule has 118 valence electrons. The summed E-state index contributed by atoms with van der Waals surface area (Å²) in [6.45, 7) is 5.35. The molecule has 0 aliphatic rings. The van der Waals surface area contributed by atoms with Crippen LogP contribution in [0.2, 0.25) is 0 Å². The molecule has 1 rings (SSSR count). The zero-order chi connectivity index (χ0) is 16.0. The molecule has 0 aromatic carbocycles. The van der Waals surface area contributed by atoms with E-state index in [0.717, 1.165) is 0 Å². The van der Waals surface area contributed by atoms with E-state index < -0.39 is 17.7 Å². The van der Waals surface area contributed by atoms with Gasteiger partial charge in [-0.3, -0.25) is 0 Å². The number of aromatic carboxylic acids is 1. The second kappa shape index (κ2) is 7.02. The van der Waals surface area contributed by atoms with Gasteiger partial charge < -0.3 is 20.3 Å². The number of rotatable bonds is 6. The first-order chi connectivity index (χ1) is 9.74. The van der Waals surface area contributed by atoms with Crippen molar-refractivity contribution >= 4 is 12.1 Å². The maximum atomic E-state index is 11.6. The summed E-state index contributed by atoms with van der Waals surface area (Å²) in [6, 6.07) is 0. The van der Waals surface area contributed by atoms with Gasteiger partial charge in [0, 0.05) is 13.2 Å². The summed E-state index contributed by atoms with van der Waals surface area (Å²) < 4.78 is 6.41. The van der Waals surface area contributed by atoms with E-state index in [9.17, 15) is 9.59 Å². The quantitative estimate of drug-likeness (QED) is 0.693. The average molecular weight is 300 g/mol. The lowest BCUT2D eigenvalue weighted by Crippen LogP contribution is -2.33. The van der Waals surface area contributed by atoms with E-state index in [1.807, 2.05) is 0 Å². The molecular formula is C12H20N4O5. The number of carbonyl (C=O) groups is 2. The second-order valence-electron chi connectivity index (χ2n) is 5.35. The molecule has 0 spiro atoms. The number of carboxylic acid groups (broad SMARTS) is 1. The van der Waals surface area contributed by atoms with Crippen molar-refractivity contribution in [1.82, 2.24) is 20.3 Å². The van der Waals surface area contributed by atoms with Gasteiger partial charge in [0.2, 0.25) is 0 Å². The Morgan fingerprint density at radius 2 is 2.05 bits per heavy atom. The maximum Gasteiger partial charge on any atom is 0.407 e. The highest BCUT2D eigenvalue weighted by Crippen LogP contribution is 2.09. The fourth-order valence-corrected chi connectivity index (χ4v) is 1.54. The van der Waals surface area contributed by atoms with E-state index in [2.05, 4.69) is 15.6 Å². The molecular weight excluding hydrogens is 280 g/mol. The number of carbonyl (C=O) groups excluding carboxylic acids is 1. The van der Waals surface area contributed by atoms with Crippen LogP contribution in [-0.4, -0.2) is 49.5 Å². The molecule has 0 unspecified atom stereocenters. The molecule has 1 aromatic rings. The number of nitrogens with one attached hydrogen (secondary N) is 1. The van der Waals surface area contributed by atoms with Crippen LogP contribution in [0, 0.1) is 0 Å². The Bertz CT molecular complexity index is 506. The van der Waals surface area contributed by atoms with Gasteiger partial charge in [-0.05, 0) is 27.2 Å². The van der Waals surface area contributed by atoms with Gasteiger partial charge in [0.1, 0.15) is 5.60 Å². The number of hydrogen-bond donors (Lipinski definition) is 3. The van der Waals surface area contributed by atoms with Crippen LogP contribution in [0.4, 0.5) is 4.79 Å². The Morgan fingerprint density at radius 1 is 1.38 bits per heavy atom. The van der Waals surface area contributed by atoms with Crippen molar-refractivity contribution < 1.29 is 24.5 Å². The number of nitrogens with zero attached hydrogens (tertiary/aromatic N) is 3. The Morgan fingerprint density at radius 3 is 2.57 bits per heavy atom. The summed E-state index contributed by atoms with van der Waals surface area (Å²) in [7, 11) is 0. The highest BCUT2D eigenvalue weighted by Gasteiger charge is 2.21. The molecule has 9 heteroatoms. The second-order valence-corrected chi connectivity index (χ2v) is 5.35. The molecule has 1 heterocycles. The molecule has 0 saturated heterocycles.